The third kappa shape index (κ3) is 3.94. The maximum atomic E-state index is 13.4. The van der Waals surface area contributed by atoms with E-state index in [1.165, 1.54) is 35.0 Å². The van der Waals surface area contributed by atoms with E-state index in [2.05, 4.69) is 5.10 Å². The highest BCUT2D eigenvalue weighted by Crippen LogP contribution is 2.26. The van der Waals surface area contributed by atoms with E-state index in [4.69, 9.17) is 16.3 Å². The molecule has 1 saturated heterocycles. The monoisotopic (exact) mass is 416 g/mol. The Bertz CT molecular complexity index is 1130. The van der Waals surface area contributed by atoms with Gasteiger partial charge in [-0.05, 0) is 23.8 Å². The van der Waals surface area contributed by atoms with Gasteiger partial charge in [0, 0.05) is 32.1 Å². The Labute approximate surface area is 170 Å². The summed E-state index contributed by atoms with van der Waals surface area (Å²) in [5, 5.41) is 4.07. The van der Waals surface area contributed by atoms with E-state index in [9.17, 15) is 14.0 Å². The molecular weight excluding hydrogens is 399 g/mol. The zero-order valence-corrected chi connectivity index (χ0v) is 16.3. The van der Waals surface area contributed by atoms with Crippen LogP contribution < -0.4 is 5.56 Å². The number of halogens is 2. The summed E-state index contributed by atoms with van der Waals surface area (Å²) in [5.41, 5.74) is 1.41. The van der Waals surface area contributed by atoms with Gasteiger partial charge in [-0.2, -0.15) is 5.10 Å². The fourth-order valence-corrected chi connectivity index (χ4v) is 3.47. The second-order valence-electron chi connectivity index (χ2n) is 6.78. The van der Waals surface area contributed by atoms with Crippen molar-refractivity contribution in [3.05, 3.63) is 81.2 Å². The number of hydrogen-bond donors (Lipinski definition) is 0. The summed E-state index contributed by atoms with van der Waals surface area (Å²) in [6, 6.07) is 7.26. The smallest absolute Gasteiger partial charge is 0.255 e. The van der Waals surface area contributed by atoms with Crippen LogP contribution >= 0.6 is 11.6 Å². The maximum absolute atomic E-state index is 13.4. The van der Waals surface area contributed by atoms with Crippen molar-refractivity contribution < 1.29 is 13.9 Å². The number of carbonyl (C=O) groups is 1. The van der Waals surface area contributed by atoms with Crippen LogP contribution in [-0.2, 0) is 11.8 Å². The lowest BCUT2D eigenvalue weighted by Crippen LogP contribution is -2.42. The molecule has 0 spiro atoms. The molecule has 3 heterocycles. The number of aromatic nitrogens is 3. The normalized spacial score (nSPS) is 16.8. The molecule has 2 aromatic heterocycles. The quantitative estimate of drug-likeness (QED) is 0.658. The van der Waals surface area contributed by atoms with Crippen LogP contribution in [0.3, 0.4) is 0 Å². The summed E-state index contributed by atoms with van der Waals surface area (Å²) < 4.78 is 22.1. The van der Waals surface area contributed by atoms with Crippen LogP contribution in [0.25, 0.3) is 5.69 Å². The van der Waals surface area contributed by atoms with Gasteiger partial charge in [0.1, 0.15) is 11.9 Å². The molecule has 1 atom stereocenters. The van der Waals surface area contributed by atoms with Gasteiger partial charge in [0.2, 0.25) is 0 Å². The van der Waals surface area contributed by atoms with E-state index in [1.54, 1.807) is 35.1 Å². The molecule has 1 amide bonds. The van der Waals surface area contributed by atoms with Crippen LogP contribution in [0.1, 0.15) is 22.0 Å². The molecule has 0 bridgehead atoms. The molecular formula is C20H18ClFN4O3. The molecule has 4 rings (SSSR count). The Hall–Kier alpha value is -2.97. The Morgan fingerprint density at radius 3 is 2.83 bits per heavy atom. The Morgan fingerprint density at radius 2 is 2.10 bits per heavy atom. The minimum Gasteiger partial charge on any atom is -0.370 e. The predicted molar refractivity (Wildman–Crippen MR) is 105 cm³/mol. The predicted octanol–water partition coefficient (Wildman–Crippen LogP) is 2.58. The first-order valence-electron chi connectivity index (χ1n) is 9.00. The fraction of sp³-hybridized carbons (Fsp3) is 0.250. The molecule has 0 aliphatic carbocycles. The second-order valence-corrected chi connectivity index (χ2v) is 7.19. The first kappa shape index (κ1) is 19.4. The average molecular weight is 417 g/mol. The van der Waals surface area contributed by atoms with Gasteiger partial charge in [0.05, 0.1) is 35.6 Å². The Morgan fingerprint density at radius 1 is 1.28 bits per heavy atom. The molecule has 3 aromatic rings. The van der Waals surface area contributed by atoms with E-state index in [0.717, 1.165) is 0 Å². The molecule has 1 unspecified atom stereocenters. The molecule has 1 aromatic carbocycles. The Balaban J connectivity index is 1.57. The van der Waals surface area contributed by atoms with E-state index in [-0.39, 0.29) is 16.5 Å². The van der Waals surface area contributed by atoms with Crippen LogP contribution in [0, 0.1) is 5.82 Å². The van der Waals surface area contributed by atoms with Gasteiger partial charge in [-0.25, -0.2) is 4.39 Å². The molecule has 0 radical (unpaired) electrons. The van der Waals surface area contributed by atoms with Gasteiger partial charge in [-0.15, -0.1) is 0 Å². The summed E-state index contributed by atoms with van der Waals surface area (Å²) in [6.45, 7) is 1.05. The largest absolute Gasteiger partial charge is 0.370 e. The fourth-order valence-electron chi connectivity index (χ4n) is 3.28. The summed E-state index contributed by atoms with van der Waals surface area (Å²) in [5.74, 6) is -0.721. The van der Waals surface area contributed by atoms with E-state index in [0.29, 0.717) is 36.5 Å². The number of amides is 1. The van der Waals surface area contributed by atoms with Crippen molar-refractivity contribution >= 4 is 17.5 Å². The number of aryl methyl sites for hydroxylation is 1. The average Bonchev–Trinajstić information content (AvgIpc) is 3.16. The van der Waals surface area contributed by atoms with Gasteiger partial charge in [-0.1, -0.05) is 17.7 Å². The van der Waals surface area contributed by atoms with Gasteiger partial charge in [0.15, 0.2) is 0 Å². The van der Waals surface area contributed by atoms with Crippen molar-refractivity contribution in [1.82, 2.24) is 19.2 Å². The van der Waals surface area contributed by atoms with Gasteiger partial charge < -0.3 is 9.64 Å². The van der Waals surface area contributed by atoms with Crippen LogP contribution in [-0.4, -0.2) is 44.9 Å². The molecule has 0 saturated carbocycles. The molecule has 0 N–H and O–H groups in total. The Kier molecular flexibility index (Phi) is 5.21. The lowest BCUT2D eigenvalue weighted by Gasteiger charge is -2.33. The van der Waals surface area contributed by atoms with Crippen LogP contribution in [0.5, 0.6) is 0 Å². The first-order valence-corrected chi connectivity index (χ1v) is 9.38. The van der Waals surface area contributed by atoms with Crippen molar-refractivity contribution in [1.29, 1.82) is 0 Å². The highest BCUT2D eigenvalue weighted by Gasteiger charge is 2.27. The number of ether oxygens (including phenoxy) is 1. The maximum Gasteiger partial charge on any atom is 0.255 e. The van der Waals surface area contributed by atoms with E-state index < -0.39 is 11.9 Å². The van der Waals surface area contributed by atoms with E-state index in [1.807, 2.05) is 0 Å². The SMILES string of the molecule is Cn1cc(-n2cc(C(=O)N3CCOC(c4ccc(F)c(Cl)c4)C3)ccc2=O)cn1. The number of rotatable bonds is 3. The molecule has 1 fully saturated rings. The van der Waals surface area contributed by atoms with Crippen molar-refractivity contribution in [3.8, 4) is 5.69 Å². The number of hydrogen-bond acceptors (Lipinski definition) is 4. The molecule has 7 nitrogen and oxygen atoms in total. The molecule has 9 heteroatoms. The highest BCUT2D eigenvalue weighted by atomic mass is 35.5. The van der Waals surface area contributed by atoms with Crippen molar-refractivity contribution in [3.63, 3.8) is 0 Å². The number of carbonyl (C=O) groups excluding carboxylic acids is 1. The van der Waals surface area contributed by atoms with Crippen LogP contribution in [0.4, 0.5) is 4.39 Å². The third-order valence-corrected chi connectivity index (χ3v) is 5.09. The molecule has 1 aliphatic heterocycles. The summed E-state index contributed by atoms with van der Waals surface area (Å²) in [4.78, 5) is 26.9. The van der Waals surface area contributed by atoms with Crippen molar-refractivity contribution in [2.75, 3.05) is 19.7 Å². The summed E-state index contributed by atoms with van der Waals surface area (Å²) >= 11 is 5.87. The standard InChI is InChI=1S/C20H18ClFN4O3/c1-24-11-15(9-23-24)26-10-14(3-5-19(26)27)20(28)25-6-7-29-18(12-25)13-2-4-17(22)16(21)8-13/h2-5,8-11,18H,6-7,12H2,1H3. The lowest BCUT2D eigenvalue weighted by molar-refractivity contribution is -0.0228. The van der Waals surface area contributed by atoms with Crippen LogP contribution in [0.2, 0.25) is 5.02 Å². The lowest BCUT2D eigenvalue weighted by atomic mass is 10.1. The zero-order chi connectivity index (χ0) is 20.5. The summed E-state index contributed by atoms with van der Waals surface area (Å²) in [7, 11) is 1.75. The van der Waals surface area contributed by atoms with E-state index >= 15 is 0 Å². The zero-order valence-electron chi connectivity index (χ0n) is 15.6. The third-order valence-electron chi connectivity index (χ3n) is 4.80. The number of nitrogens with zero attached hydrogens (tertiary/aromatic N) is 4. The van der Waals surface area contributed by atoms with Gasteiger partial charge in [-0.3, -0.25) is 18.8 Å². The van der Waals surface area contributed by atoms with Gasteiger partial charge in [0.25, 0.3) is 11.5 Å². The second kappa shape index (κ2) is 7.81. The molecule has 29 heavy (non-hydrogen) atoms. The van der Waals surface area contributed by atoms with Crippen molar-refractivity contribution in [2.24, 2.45) is 7.05 Å². The van der Waals surface area contributed by atoms with Crippen LogP contribution in [0.15, 0.2) is 53.7 Å². The topological polar surface area (TPSA) is 69.4 Å². The minimum absolute atomic E-state index is 0.0121. The van der Waals surface area contributed by atoms with Gasteiger partial charge >= 0.3 is 0 Å². The number of morpholine rings is 1. The minimum atomic E-state index is -0.503. The molecule has 150 valence electrons. The number of benzene rings is 1. The van der Waals surface area contributed by atoms with Crippen molar-refractivity contribution in [2.45, 2.75) is 6.10 Å². The highest BCUT2D eigenvalue weighted by molar-refractivity contribution is 6.30. The first-order chi connectivity index (χ1) is 13.9. The number of pyridine rings is 1. The molecule has 1 aliphatic rings. The summed E-state index contributed by atoms with van der Waals surface area (Å²) in [6.07, 6.45) is 4.35.